The third kappa shape index (κ3) is 2.48. The first-order chi connectivity index (χ1) is 9.60. The van der Waals surface area contributed by atoms with Crippen LogP contribution in [0.3, 0.4) is 0 Å². The van der Waals surface area contributed by atoms with Gasteiger partial charge in [0.2, 0.25) is 0 Å². The quantitative estimate of drug-likeness (QED) is 0.663. The zero-order valence-electron chi connectivity index (χ0n) is 11.7. The Morgan fingerprint density at radius 2 is 1.60 bits per heavy atom. The third-order valence-corrected chi connectivity index (χ3v) is 3.67. The van der Waals surface area contributed by atoms with Gasteiger partial charge in [-0.1, -0.05) is 6.42 Å². The number of hydrogen-bond acceptors (Lipinski definition) is 5. The average Bonchev–Trinajstić information content (AvgIpc) is 2.71. The molecule has 2 rings (SSSR count). The van der Waals surface area contributed by atoms with Crippen LogP contribution in [0.2, 0.25) is 0 Å². The molecule has 0 atom stereocenters. The highest BCUT2D eigenvalue weighted by Gasteiger charge is 2.27. The Hall–Kier alpha value is -2.04. The Morgan fingerprint density at radius 1 is 1.00 bits per heavy atom. The van der Waals surface area contributed by atoms with Gasteiger partial charge in [0.05, 0.1) is 25.3 Å². The Labute approximate surface area is 117 Å². The van der Waals surface area contributed by atoms with Gasteiger partial charge < -0.3 is 14.6 Å². The van der Waals surface area contributed by atoms with Crippen LogP contribution in [0.4, 0.5) is 0 Å². The average molecular weight is 278 g/mol. The normalized spacial score (nSPS) is 14.1. The molecular formula is C15H18O5. The molecule has 0 fully saturated rings. The predicted octanol–water partition coefficient (Wildman–Crippen LogP) is 2.23. The number of phenols is 1. The van der Waals surface area contributed by atoms with Crippen LogP contribution >= 0.6 is 0 Å². The highest BCUT2D eigenvalue weighted by Crippen LogP contribution is 2.34. The Kier molecular flexibility index (Phi) is 4.27. The van der Waals surface area contributed by atoms with Crippen LogP contribution in [0.5, 0.6) is 5.75 Å². The Morgan fingerprint density at radius 3 is 2.20 bits per heavy atom. The molecule has 0 aromatic heterocycles. The van der Waals surface area contributed by atoms with Crippen molar-refractivity contribution in [3.63, 3.8) is 0 Å². The van der Waals surface area contributed by atoms with Crippen molar-refractivity contribution in [1.29, 1.82) is 0 Å². The van der Waals surface area contributed by atoms with E-state index in [0.717, 1.165) is 30.4 Å². The summed E-state index contributed by atoms with van der Waals surface area (Å²) in [5, 5.41) is 10.1. The van der Waals surface area contributed by atoms with E-state index in [1.807, 2.05) is 0 Å². The summed E-state index contributed by atoms with van der Waals surface area (Å²) in [7, 11) is 2.52. The monoisotopic (exact) mass is 278 g/mol. The fourth-order valence-electron chi connectivity index (χ4n) is 2.71. The molecule has 1 aromatic rings. The minimum absolute atomic E-state index is 0.0509. The van der Waals surface area contributed by atoms with Crippen molar-refractivity contribution in [2.24, 2.45) is 0 Å². The van der Waals surface area contributed by atoms with Gasteiger partial charge in [0, 0.05) is 0 Å². The standard InChI is InChI=1S/C15H18O5/c1-19-14(17)11-8-12(16)9-6-4-3-5-7-10(9)13(11)15(18)20-2/h8,16H,3-7H2,1-2H3. The van der Waals surface area contributed by atoms with Crippen molar-refractivity contribution in [2.45, 2.75) is 32.1 Å². The van der Waals surface area contributed by atoms with E-state index < -0.39 is 11.9 Å². The molecule has 0 saturated heterocycles. The van der Waals surface area contributed by atoms with Gasteiger partial charge in [-0.05, 0) is 42.9 Å². The summed E-state index contributed by atoms with van der Waals surface area (Å²) in [4.78, 5) is 23.9. The van der Waals surface area contributed by atoms with Crippen LogP contribution in [0.25, 0.3) is 0 Å². The number of carbonyl (C=O) groups excluding carboxylic acids is 2. The molecule has 0 unspecified atom stereocenters. The summed E-state index contributed by atoms with van der Waals surface area (Å²) in [6.07, 6.45) is 4.26. The van der Waals surface area contributed by atoms with Crippen LogP contribution in [0, 0.1) is 0 Å². The molecule has 0 heterocycles. The zero-order valence-corrected chi connectivity index (χ0v) is 11.7. The van der Waals surface area contributed by atoms with Crippen molar-refractivity contribution in [3.05, 3.63) is 28.3 Å². The predicted molar refractivity (Wildman–Crippen MR) is 72.0 cm³/mol. The van der Waals surface area contributed by atoms with Crippen LogP contribution in [0.15, 0.2) is 6.07 Å². The van der Waals surface area contributed by atoms with Crippen molar-refractivity contribution in [3.8, 4) is 5.75 Å². The summed E-state index contributed by atoms with van der Waals surface area (Å²) in [6, 6.07) is 1.31. The second-order valence-corrected chi connectivity index (χ2v) is 4.82. The van der Waals surface area contributed by atoms with E-state index in [2.05, 4.69) is 0 Å². The number of benzene rings is 1. The van der Waals surface area contributed by atoms with E-state index in [4.69, 9.17) is 9.47 Å². The number of phenolic OH excluding ortho intramolecular Hbond substituents is 1. The molecule has 1 N–H and O–H groups in total. The van der Waals surface area contributed by atoms with Gasteiger partial charge in [-0.25, -0.2) is 9.59 Å². The summed E-state index contributed by atoms with van der Waals surface area (Å²) in [6.45, 7) is 0. The SMILES string of the molecule is COC(=O)c1cc(O)c2c(c1C(=O)OC)CCCCC2. The number of fused-ring (bicyclic) bond motifs is 1. The van der Waals surface area contributed by atoms with E-state index in [0.29, 0.717) is 12.8 Å². The maximum atomic E-state index is 12.0. The minimum Gasteiger partial charge on any atom is -0.508 e. The lowest BCUT2D eigenvalue weighted by molar-refractivity contribution is 0.0553. The fraction of sp³-hybridized carbons (Fsp3) is 0.467. The molecule has 1 aromatic carbocycles. The first-order valence-electron chi connectivity index (χ1n) is 6.64. The number of esters is 2. The van der Waals surface area contributed by atoms with Gasteiger partial charge in [0.15, 0.2) is 0 Å². The maximum absolute atomic E-state index is 12.0. The number of aromatic hydroxyl groups is 1. The highest BCUT2D eigenvalue weighted by molar-refractivity contribution is 6.05. The molecule has 5 nitrogen and oxygen atoms in total. The molecule has 0 saturated carbocycles. The zero-order chi connectivity index (χ0) is 14.7. The van der Waals surface area contributed by atoms with E-state index in [1.165, 1.54) is 20.3 Å². The smallest absolute Gasteiger partial charge is 0.339 e. The minimum atomic E-state index is -0.646. The lowest BCUT2D eigenvalue weighted by Gasteiger charge is -2.16. The molecular weight excluding hydrogens is 260 g/mol. The molecule has 20 heavy (non-hydrogen) atoms. The number of ether oxygens (including phenoxy) is 2. The summed E-state index contributed by atoms with van der Waals surface area (Å²) >= 11 is 0. The fourth-order valence-corrected chi connectivity index (χ4v) is 2.71. The molecule has 1 aliphatic carbocycles. The largest absolute Gasteiger partial charge is 0.508 e. The molecule has 0 radical (unpaired) electrons. The number of carbonyl (C=O) groups is 2. The Balaban J connectivity index is 2.70. The van der Waals surface area contributed by atoms with Gasteiger partial charge in [-0.3, -0.25) is 0 Å². The molecule has 0 bridgehead atoms. The lowest BCUT2D eigenvalue weighted by atomic mass is 9.92. The summed E-state index contributed by atoms with van der Waals surface area (Å²) < 4.78 is 9.48. The second-order valence-electron chi connectivity index (χ2n) is 4.82. The van der Waals surface area contributed by atoms with E-state index in [9.17, 15) is 14.7 Å². The van der Waals surface area contributed by atoms with Crippen LogP contribution in [0.1, 0.15) is 51.1 Å². The Bertz CT molecular complexity index is 548. The van der Waals surface area contributed by atoms with E-state index in [-0.39, 0.29) is 16.9 Å². The number of methoxy groups -OCH3 is 2. The molecule has 1 aliphatic rings. The first-order valence-corrected chi connectivity index (χ1v) is 6.64. The topological polar surface area (TPSA) is 72.8 Å². The molecule has 0 aliphatic heterocycles. The number of hydrogen-bond donors (Lipinski definition) is 1. The maximum Gasteiger partial charge on any atom is 0.339 e. The van der Waals surface area contributed by atoms with Crippen LogP contribution in [-0.2, 0) is 22.3 Å². The van der Waals surface area contributed by atoms with Gasteiger partial charge >= 0.3 is 11.9 Å². The van der Waals surface area contributed by atoms with Gasteiger partial charge in [0.1, 0.15) is 5.75 Å². The van der Waals surface area contributed by atoms with Crippen molar-refractivity contribution in [2.75, 3.05) is 14.2 Å². The van der Waals surface area contributed by atoms with Gasteiger partial charge in [-0.2, -0.15) is 0 Å². The molecule has 108 valence electrons. The molecule has 5 heteroatoms. The van der Waals surface area contributed by atoms with Crippen molar-refractivity contribution in [1.82, 2.24) is 0 Å². The van der Waals surface area contributed by atoms with Crippen molar-refractivity contribution < 1.29 is 24.2 Å². The number of rotatable bonds is 2. The molecule has 0 amide bonds. The van der Waals surface area contributed by atoms with Gasteiger partial charge in [0.25, 0.3) is 0 Å². The van der Waals surface area contributed by atoms with E-state index in [1.54, 1.807) is 0 Å². The lowest BCUT2D eigenvalue weighted by Crippen LogP contribution is -2.16. The van der Waals surface area contributed by atoms with Gasteiger partial charge in [-0.15, -0.1) is 0 Å². The van der Waals surface area contributed by atoms with Crippen LogP contribution in [-0.4, -0.2) is 31.3 Å². The third-order valence-electron chi connectivity index (χ3n) is 3.67. The molecule has 0 spiro atoms. The second kappa shape index (κ2) is 5.94. The first kappa shape index (κ1) is 14.4. The van der Waals surface area contributed by atoms with Crippen molar-refractivity contribution >= 4 is 11.9 Å². The van der Waals surface area contributed by atoms with E-state index >= 15 is 0 Å². The summed E-state index contributed by atoms with van der Waals surface area (Å²) in [5.41, 5.74) is 1.76. The summed E-state index contributed by atoms with van der Waals surface area (Å²) in [5.74, 6) is -1.16. The van der Waals surface area contributed by atoms with Crippen LogP contribution < -0.4 is 0 Å². The highest BCUT2D eigenvalue weighted by atomic mass is 16.5.